The zero-order valence-corrected chi connectivity index (χ0v) is 13.9. The van der Waals surface area contributed by atoms with Gasteiger partial charge in [-0.3, -0.25) is 9.98 Å². The second-order valence-electron chi connectivity index (χ2n) is 5.55. The first-order chi connectivity index (χ1) is 12.7. The summed E-state index contributed by atoms with van der Waals surface area (Å²) >= 11 is 0. The number of anilines is 1. The maximum Gasteiger partial charge on any atom is 0.287 e. The van der Waals surface area contributed by atoms with Gasteiger partial charge in [0.15, 0.2) is 11.9 Å². The van der Waals surface area contributed by atoms with Gasteiger partial charge in [0, 0.05) is 18.0 Å². The number of hydrogen-bond donors (Lipinski definition) is 1. The van der Waals surface area contributed by atoms with Gasteiger partial charge in [-0.15, -0.1) is 0 Å². The smallest absolute Gasteiger partial charge is 0.287 e. The topological polar surface area (TPSA) is 95.0 Å². The molecule has 1 aromatic carbocycles. The van der Waals surface area contributed by atoms with E-state index in [1.807, 2.05) is 24.3 Å². The van der Waals surface area contributed by atoms with Crippen molar-refractivity contribution in [2.75, 3.05) is 12.4 Å². The van der Waals surface area contributed by atoms with E-state index in [1.54, 1.807) is 38.0 Å². The van der Waals surface area contributed by atoms with Crippen molar-refractivity contribution < 1.29 is 4.74 Å². The highest BCUT2D eigenvalue weighted by atomic mass is 16.5. The molecule has 8 nitrogen and oxygen atoms in total. The predicted molar refractivity (Wildman–Crippen MR) is 99.9 cm³/mol. The summed E-state index contributed by atoms with van der Waals surface area (Å²) in [6, 6.07) is 11.3. The van der Waals surface area contributed by atoms with Crippen LogP contribution >= 0.6 is 0 Å². The van der Waals surface area contributed by atoms with Gasteiger partial charge in [0.05, 0.1) is 25.1 Å². The van der Waals surface area contributed by atoms with Crippen LogP contribution in [0.2, 0.25) is 0 Å². The lowest BCUT2D eigenvalue weighted by molar-refractivity contribution is 0.415. The molecule has 2 aliphatic heterocycles. The Hall–Kier alpha value is -3.83. The lowest BCUT2D eigenvalue weighted by Gasteiger charge is -2.23. The number of aliphatic imine (C=N–C) groups is 2. The molecule has 1 N–H and O–H groups in total. The van der Waals surface area contributed by atoms with Gasteiger partial charge < -0.3 is 10.1 Å². The number of nitriles is 1. The van der Waals surface area contributed by atoms with E-state index in [9.17, 15) is 0 Å². The number of rotatable bonds is 3. The number of pyridine rings is 1. The highest BCUT2D eigenvalue weighted by molar-refractivity contribution is 6.38. The summed E-state index contributed by atoms with van der Waals surface area (Å²) in [5.41, 5.74) is 1.99. The van der Waals surface area contributed by atoms with Gasteiger partial charge in [-0.2, -0.15) is 10.3 Å². The zero-order chi connectivity index (χ0) is 18.0. The van der Waals surface area contributed by atoms with E-state index in [-0.39, 0.29) is 4.59 Å². The Morgan fingerprint density at radius 2 is 2.04 bits per heavy atom. The SMILES string of the molecule is COc1ccc(NC2=N[N+]3(c4cncc(C#N)c4)C=CN=CC3=N2)cc1. The van der Waals surface area contributed by atoms with Crippen molar-refractivity contribution in [2.24, 2.45) is 15.1 Å². The standard InChI is InChI=1S/C18H14N7O/c1-26-16-4-2-14(3-5-16)22-18-23-17-12-20-6-7-25(17,24-18)15-8-13(9-19)10-21-11-15/h2-8,10-12H,1H3,(H,22,24)/q+1. The number of nitrogens with one attached hydrogen (secondary N) is 1. The van der Waals surface area contributed by atoms with E-state index in [1.165, 1.54) is 6.20 Å². The van der Waals surface area contributed by atoms with Gasteiger partial charge in [-0.05, 0) is 29.4 Å². The first kappa shape index (κ1) is 15.7. The third-order valence-electron chi connectivity index (χ3n) is 3.97. The molecule has 0 bridgehead atoms. The van der Waals surface area contributed by atoms with Crippen LogP contribution in [0.5, 0.6) is 5.75 Å². The molecule has 1 atom stereocenters. The molecule has 0 aliphatic carbocycles. The molecule has 126 valence electrons. The fourth-order valence-corrected chi connectivity index (χ4v) is 2.69. The maximum absolute atomic E-state index is 9.16. The minimum atomic E-state index is -0.0233. The van der Waals surface area contributed by atoms with Crippen LogP contribution in [0, 0.1) is 11.3 Å². The zero-order valence-electron chi connectivity index (χ0n) is 13.9. The molecule has 1 aromatic heterocycles. The van der Waals surface area contributed by atoms with Gasteiger partial charge in [-0.1, -0.05) is 4.59 Å². The van der Waals surface area contributed by atoms with Gasteiger partial charge in [0.25, 0.3) is 11.8 Å². The van der Waals surface area contributed by atoms with Crippen molar-refractivity contribution in [3.8, 4) is 11.8 Å². The van der Waals surface area contributed by atoms with Crippen molar-refractivity contribution in [1.29, 1.82) is 5.26 Å². The first-order valence-electron chi connectivity index (χ1n) is 7.79. The minimum absolute atomic E-state index is 0.0233. The van der Waals surface area contributed by atoms with Gasteiger partial charge in [0.1, 0.15) is 18.0 Å². The minimum Gasteiger partial charge on any atom is -0.497 e. The molecule has 0 radical (unpaired) electrons. The number of guanidine groups is 1. The highest BCUT2D eigenvalue weighted by Gasteiger charge is 2.43. The van der Waals surface area contributed by atoms with Gasteiger partial charge >= 0.3 is 0 Å². The van der Waals surface area contributed by atoms with E-state index >= 15 is 0 Å². The number of amidine groups is 1. The molecule has 4 rings (SSSR count). The van der Waals surface area contributed by atoms with E-state index in [0.29, 0.717) is 23.0 Å². The van der Waals surface area contributed by atoms with Gasteiger partial charge in [-0.25, -0.2) is 0 Å². The number of fused-ring (bicyclic) bond motifs is 1. The second kappa shape index (κ2) is 6.23. The molecule has 0 fully saturated rings. The Bertz CT molecular complexity index is 1010. The summed E-state index contributed by atoms with van der Waals surface area (Å²) in [6.45, 7) is 0. The molecule has 0 amide bonds. The Kier molecular flexibility index (Phi) is 3.76. The number of hydrogen-bond acceptors (Lipinski definition) is 7. The van der Waals surface area contributed by atoms with Crippen LogP contribution in [0.3, 0.4) is 0 Å². The number of nitrogens with zero attached hydrogens (tertiary/aromatic N) is 6. The maximum atomic E-state index is 9.16. The van der Waals surface area contributed by atoms with Crippen molar-refractivity contribution in [1.82, 2.24) is 9.58 Å². The molecule has 26 heavy (non-hydrogen) atoms. The average molecular weight is 344 g/mol. The number of aromatic nitrogens is 1. The Morgan fingerprint density at radius 3 is 2.81 bits per heavy atom. The number of quaternary nitrogens is 1. The highest BCUT2D eigenvalue weighted by Crippen LogP contribution is 2.31. The summed E-state index contributed by atoms with van der Waals surface area (Å²) in [5, 5.41) is 17.0. The normalized spacial score (nSPS) is 20.0. The Morgan fingerprint density at radius 1 is 1.19 bits per heavy atom. The molecule has 2 aromatic rings. The largest absolute Gasteiger partial charge is 0.497 e. The van der Waals surface area contributed by atoms with Crippen molar-refractivity contribution in [3.05, 3.63) is 60.7 Å². The van der Waals surface area contributed by atoms with Crippen LogP contribution in [0.25, 0.3) is 0 Å². The predicted octanol–water partition coefficient (Wildman–Crippen LogP) is 2.62. The van der Waals surface area contributed by atoms with Crippen LogP contribution < -0.4 is 14.6 Å². The van der Waals surface area contributed by atoms with Crippen LogP contribution in [-0.2, 0) is 0 Å². The number of ether oxygens (including phenoxy) is 1. The lowest BCUT2D eigenvalue weighted by atomic mass is 10.2. The van der Waals surface area contributed by atoms with E-state index in [2.05, 4.69) is 26.4 Å². The molecule has 0 saturated carbocycles. The first-order valence-corrected chi connectivity index (χ1v) is 7.79. The summed E-state index contributed by atoms with van der Waals surface area (Å²) in [7, 11) is 1.62. The monoisotopic (exact) mass is 344 g/mol. The van der Waals surface area contributed by atoms with Crippen LogP contribution in [-0.4, -0.2) is 30.1 Å². The summed E-state index contributed by atoms with van der Waals surface area (Å²) in [6.07, 6.45) is 8.26. The lowest BCUT2D eigenvalue weighted by Crippen LogP contribution is -2.44. The Balaban J connectivity index is 1.71. The quantitative estimate of drug-likeness (QED) is 0.866. The summed E-state index contributed by atoms with van der Waals surface area (Å²) < 4.78 is 5.14. The number of benzene rings is 1. The van der Waals surface area contributed by atoms with Crippen LogP contribution in [0.4, 0.5) is 11.4 Å². The van der Waals surface area contributed by atoms with E-state index in [4.69, 9.17) is 15.1 Å². The van der Waals surface area contributed by atoms with Crippen molar-refractivity contribution in [2.45, 2.75) is 0 Å². The summed E-state index contributed by atoms with van der Waals surface area (Å²) in [4.78, 5) is 12.8. The van der Waals surface area contributed by atoms with Crippen molar-refractivity contribution >= 4 is 29.4 Å². The molecule has 3 heterocycles. The molecular formula is C18H14N7O+. The fourth-order valence-electron chi connectivity index (χ4n) is 2.69. The third-order valence-corrected chi connectivity index (χ3v) is 3.97. The molecular weight excluding hydrogens is 330 g/mol. The van der Waals surface area contributed by atoms with Gasteiger partial charge in [0.2, 0.25) is 0 Å². The van der Waals surface area contributed by atoms with Crippen LogP contribution in [0.15, 0.2) is 70.2 Å². The fraction of sp³-hybridized carbons (Fsp3) is 0.0556. The molecule has 0 spiro atoms. The van der Waals surface area contributed by atoms with Crippen molar-refractivity contribution in [3.63, 3.8) is 0 Å². The molecule has 0 saturated heterocycles. The second-order valence-corrected chi connectivity index (χ2v) is 5.55. The molecule has 8 heteroatoms. The Labute approximate surface area is 149 Å². The molecule has 1 unspecified atom stereocenters. The van der Waals surface area contributed by atoms with E-state index < -0.39 is 0 Å². The summed E-state index contributed by atoms with van der Waals surface area (Å²) in [5.74, 6) is 1.82. The third kappa shape index (κ3) is 2.62. The molecule has 2 aliphatic rings. The van der Waals surface area contributed by atoms with E-state index in [0.717, 1.165) is 11.4 Å². The number of methoxy groups -OCH3 is 1. The average Bonchev–Trinajstić information content (AvgIpc) is 3.08. The van der Waals surface area contributed by atoms with Crippen LogP contribution in [0.1, 0.15) is 5.56 Å².